The number of ether oxygens (including phenoxy) is 3. The number of carbonyl (C=O) groups is 4. The van der Waals surface area contributed by atoms with Crippen molar-refractivity contribution in [3.63, 3.8) is 0 Å². The van der Waals surface area contributed by atoms with Gasteiger partial charge in [0.1, 0.15) is 19.3 Å². The molecule has 4 unspecified atom stereocenters. The highest BCUT2D eigenvalue weighted by molar-refractivity contribution is 5.97. The summed E-state index contributed by atoms with van der Waals surface area (Å²) in [5.41, 5.74) is 1.20. The molecule has 2 fully saturated rings. The zero-order chi connectivity index (χ0) is 28.0. The van der Waals surface area contributed by atoms with Crippen LogP contribution in [0.4, 0.5) is 0 Å². The Balaban J connectivity index is 1.40. The van der Waals surface area contributed by atoms with Crippen LogP contribution in [0.5, 0.6) is 0 Å². The lowest BCUT2D eigenvalue weighted by molar-refractivity contribution is -0.151. The number of allylic oxidation sites excluding steroid dienone is 1. The highest BCUT2D eigenvalue weighted by Crippen LogP contribution is 2.42. The van der Waals surface area contributed by atoms with Gasteiger partial charge in [0.05, 0.1) is 11.7 Å². The van der Waals surface area contributed by atoms with Crippen LogP contribution in [0.25, 0.3) is 0 Å². The van der Waals surface area contributed by atoms with Crippen LogP contribution in [-0.2, 0) is 28.6 Å². The van der Waals surface area contributed by atoms with Gasteiger partial charge in [-0.15, -0.1) is 0 Å². The van der Waals surface area contributed by atoms with Gasteiger partial charge in [0, 0.05) is 37.1 Å². The molecule has 1 N–H and O–H groups in total. The van der Waals surface area contributed by atoms with Crippen LogP contribution in [0.2, 0.25) is 0 Å². The third-order valence-electron chi connectivity index (χ3n) is 8.12. The van der Waals surface area contributed by atoms with Crippen molar-refractivity contribution in [3.05, 3.63) is 47.7 Å². The van der Waals surface area contributed by atoms with Gasteiger partial charge in [-0.25, -0.2) is 4.79 Å². The van der Waals surface area contributed by atoms with Crippen molar-refractivity contribution in [3.8, 4) is 0 Å². The molecule has 212 valence electrons. The molecule has 9 heteroatoms. The van der Waals surface area contributed by atoms with Crippen molar-refractivity contribution in [1.29, 1.82) is 0 Å². The molecule has 4 rings (SSSR count). The largest absolute Gasteiger partial charge is 0.459 e. The molecular weight excluding hydrogens is 500 g/mol. The highest BCUT2D eigenvalue weighted by Gasteiger charge is 2.42. The normalized spacial score (nSPS) is 28.1. The molecule has 1 saturated carbocycles. The molecule has 0 spiro atoms. The van der Waals surface area contributed by atoms with Gasteiger partial charge in [-0.05, 0) is 50.2 Å². The van der Waals surface area contributed by atoms with Gasteiger partial charge in [-0.2, -0.15) is 0 Å². The first-order chi connectivity index (χ1) is 18.6. The summed E-state index contributed by atoms with van der Waals surface area (Å²) in [7, 11) is 0. The SMILES string of the molecule is C/C1=C/N(C2OC(COC(=O)c3ccccc3)CC2OCC(=O)NCCC2(C)CCC2)C(=O)CCC(C)C1=O. The van der Waals surface area contributed by atoms with Crippen molar-refractivity contribution in [2.75, 3.05) is 19.8 Å². The maximum atomic E-state index is 13.1. The topological polar surface area (TPSA) is 111 Å². The minimum absolute atomic E-state index is 0.0177. The Morgan fingerprint density at radius 1 is 1.18 bits per heavy atom. The number of hydrogen-bond acceptors (Lipinski definition) is 7. The molecule has 1 aliphatic carbocycles. The molecule has 2 amide bonds. The van der Waals surface area contributed by atoms with E-state index in [1.807, 2.05) is 13.0 Å². The lowest BCUT2D eigenvalue weighted by Crippen LogP contribution is -2.45. The van der Waals surface area contributed by atoms with Crippen LogP contribution in [-0.4, -0.2) is 66.7 Å². The van der Waals surface area contributed by atoms with Crippen LogP contribution in [0.1, 0.15) is 76.1 Å². The number of Topliss-reactive ketones (excluding diaryl/α,β-unsaturated/α-hetero) is 1. The van der Waals surface area contributed by atoms with E-state index in [2.05, 4.69) is 12.2 Å². The first-order valence-corrected chi connectivity index (χ1v) is 13.9. The number of carbonyl (C=O) groups excluding carboxylic acids is 4. The van der Waals surface area contributed by atoms with E-state index < -0.39 is 24.4 Å². The predicted molar refractivity (Wildman–Crippen MR) is 143 cm³/mol. The number of esters is 1. The summed E-state index contributed by atoms with van der Waals surface area (Å²) in [6.45, 7) is 6.13. The third kappa shape index (κ3) is 7.54. The lowest BCUT2D eigenvalue weighted by Gasteiger charge is -2.38. The van der Waals surface area contributed by atoms with Gasteiger partial charge in [-0.1, -0.05) is 38.5 Å². The van der Waals surface area contributed by atoms with E-state index >= 15 is 0 Å². The molecule has 3 aliphatic rings. The van der Waals surface area contributed by atoms with E-state index in [9.17, 15) is 19.2 Å². The molecule has 2 heterocycles. The van der Waals surface area contributed by atoms with Crippen LogP contribution in [0.3, 0.4) is 0 Å². The summed E-state index contributed by atoms with van der Waals surface area (Å²) >= 11 is 0. The van der Waals surface area contributed by atoms with Crippen molar-refractivity contribution in [2.45, 2.75) is 84.2 Å². The second kappa shape index (κ2) is 12.9. The Morgan fingerprint density at radius 3 is 2.62 bits per heavy atom. The van der Waals surface area contributed by atoms with Crippen molar-refractivity contribution in [1.82, 2.24) is 10.2 Å². The molecule has 4 atom stereocenters. The molecule has 1 aromatic carbocycles. The number of ketones is 1. The summed E-state index contributed by atoms with van der Waals surface area (Å²) in [4.78, 5) is 52.2. The van der Waals surface area contributed by atoms with Crippen LogP contribution < -0.4 is 5.32 Å². The van der Waals surface area contributed by atoms with E-state index in [-0.39, 0.29) is 43.2 Å². The summed E-state index contributed by atoms with van der Waals surface area (Å²) < 4.78 is 17.6. The van der Waals surface area contributed by atoms with Gasteiger partial charge in [0.25, 0.3) is 0 Å². The van der Waals surface area contributed by atoms with E-state index in [4.69, 9.17) is 14.2 Å². The summed E-state index contributed by atoms with van der Waals surface area (Å²) in [5.74, 6) is -1.15. The van der Waals surface area contributed by atoms with Crippen molar-refractivity contribution in [2.24, 2.45) is 11.3 Å². The average molecular weight is 541 g/mol. The lowest BCUT2D eigenvalue weighted by atomic mass is 9.68. The number of benzene rings is 1. The highest BCUT2D eigenvalue weighted by atomic mass is 16.6. The Hall–Kier alpha value is -3.04. The summed E-state index contributed by atoms with van der Waals surface area (Å²) in [5, 5.41) is 2.93. The number of hydrogen-bond donors (Lipinski definition) is 1. The Morgan fingerprint density at radius 2 is 1.92 bits per heavy atom. The van der Waals surface area contributed by atoms with Gasteiger partial charge >= 0.3 is 5.97 Å². The maximum Gasteiger partial charge on any atom is 0.338 e. The van der Waals surface area contributed by atoms with Gasteiger partial charge in [0.15, 0.2) is 12.0 Å². The molecule has 39 heavy (non-hydrogen) atoms. The molecule has 1 aromatic rings. The molecule has 2 aliphatic heterocycles. The second-order valence-corrected chi connectivity index (χ2v) is 11.4. The fourth-order valence-electron chi connectivity index (χ4n) is 5.36. The molecule has 1 saturated heterocycles. The quantitative estimate of drug-likeness (QED) is 0.450. The minimum Gasteiger partial charge on any atom is -0.459 e. The monoisotopic (exact) mass is 540 g/mol. The van der Waals surface area contributed by atoms with E-state index in [0.717, 1.165) is 6.42 Å². The minimum atomic E-state index is -0.851. The molecule has 0 bridgehead atoms. The fourth-order valence-corrected chi connectivity index (χ4v) is 5.36. The van der Waals surface area contributed by atoms with Crippen LogP contribution in [0.15, 0.2) is 42.1 Å². The van der Waals surface area contributed by atoms with Gasteiger partial charge < -0.3 is 19.5 Å². The number of amides is 2. The van der Waals surface area contributed by atoms with Crippen molar-refractivity contribution >= 4 is 23.6 Å². The van der Waals surface area contributed by atoms with Gasteiger partial charge in [0.2, 0.25) is 11.8 Å². The van der Waals surface area contributed by atoms with E-state index in [0.29, 0.717) is 35.9 Å². The van der Waals surface area contributed by atoms with E-state index in [1.165, 1.54) is 30.4 Å². The number of nitrogens with zero attached hydrogens (tertiary/aromatic N) is 1. The second-order valence-electron chi connectivity index (χ2n) is 11.4. The zero-order valence-electron chi connectivity index (χ0n) is 23.1. The van der Waals surface area contributed by atoms with E-state index in [1.54, 1.807) is 31.2 Å². The standard InChI is InChI=1S/C30H40N2O7/c1-20-10-11-26(34)32(17-21(2)27(20)35)28-24(37-19-25(33)31-15-14-30(3)12-7-13-30)16-23(39-28)18-38-29(36)22-8-5-4-6-9-22/h4-6,8-9,17,20,23-24,28H,7,10-16,18-19H2,1-3H3,(H,31,33)/b21-17-. The summed E-state index contributed by atoms with van der Waals surface area (Å²) in [6, 6.07) is 8.66. The third-order valence-corrected chi connectivity index (χ3v) is 8.12. The molecule has 0 radical (unpaired) electrons. The first-order valence-electron chi connectivity index (χ1n) is 13.9. The Kier molecular flexibility index (Phi) is 9.56. The first kappa shape index (κ1) is 29.0. The van der Waals surface area contributed by atoms with Crippen LogP contribution in [0, 0.1) is 11.3 Å². The Labute approximate surface area is 230 Å². The molecule has 0 aromatic heterocycles. The number of nitrogens with one attached hydrogen (secondary N) is 1. The van der Waals surface area contributed by atoms with Crippen LogP contribution >= 0.6 is 0 Å². The predicted octanol–water partition coefficient (Wildman–Crippen LogP) is 3.77. The van der Waals surface area contributed by atoms with Gasteiger partial charge in [-0.3, -0.25) is 19.3 Å². The fraction of sp³-hybridized carbons (Fsp3) is 0.600. The molecular formula is C30H40N2O7. The molecule has 9 nitrogen and oxygen atoms in total. The Bertz CT molecular complexity index is 1080. The average Bonchev–Trinajstić information content (AvgIpc) is 3.33. The zero-order valence-corrected chi connectivity index (χ0v) is 23.1. The number of rotatable bonds is 10. The summed E-state index contributed by atoms with van der Waals surface area (Å²) in [6.07, 6.45) is 5.00. The smallest absolute Gasteiger partial charge is 0.338 e. The van der Waals surface area contributed by atoms with Crippen molar-refractivity contribution < 1.29 is 33.4 Å². The maximum absolute atomic E-state index is 13.1.